The second kappa shape index (κ2) is 7.10. The first-order valence-electron chi connectivity index (χ1n) is 7.50. The van der Waals surface area contributed by atoms with Crippen molar-refractivity contribution in [2.75, 3.05) is 6.54 Å². The Morgan fingerprint density at radius 3 is 2.67 bits per heavy atom. The zero-order valence-electron chi connectivity index (χ0n) is 13.3. The highest BCUT2D eigenvalue weighted by molar-refractivity contribution is 6.30. The normalized spacial score (nSPS) is 12.6. The highest BCUT2D eigenvalue weighted by atomic mass is 35.5. The minimum Gasteiger partial charge on any atom is -0.310 e. The maximum absolute atomic E-state index is 6.19. The van der Waals surface area contributed by atoms with E-state index in [-0.39, 0.29) is 6.04 Å². The molecule has 0 aliphatic carbocycles. The standard InChI is InChI=1S/C17H24ClN3/c1-5-8-19-17(11-15-9-13(3)20-21(15)4)16-10-14(18)7-6-12(16)2/h6-7,9-10,17,19H,5,8,11H2,1-4H3. The first-order chi connectivity index (χ1) is 10.0. The third-order valence-electron chi connectivity index (χ3n) is 3.77. The maximum atomic E-state index is 6.19. The average Bonchev–Trinajstić information content (AvgIpc) is 2.75. The molecule has 2 aromatic rings. The molecule has 1 aromatic carbocycles. The SMILES string of the molecule is CCCNC(Cc1cc(C)nn1C)c1cc(Cl)ccc1C. The van der Waals surface area contributed by atoms with Crippen LogP contribution >= 0.6 is 11.6 Å². The van der Waals surface area contributed by atoms with Gasteiger partial charge in [0, 0.05) is 30.2 Å². The summed E-state index contributed by atoms with van der Waals surface area (Å²) in [5.74, 6) is 0. The summed E-state index contributed by atoms with van der Waals surface area (Å²) in [6.45, 7) is 7.35. The molecule has 0 aliphatic rings. The lowest BCUT2D eigenvalue weighted by atomic mass is 9.97. The van der Waals surface area contributed by atoms with Gasteiger partial charge in [0.15, 0.2) is 0 Å². The van der Waals surface area contributed by atoms with Crippen LogP contribution in [-0.2, 0) is 13.5 Å². The van der Waals surface area contributed by atoms with Gasteiger partial charge in [-0.15, -0.1) is 0 Å². The fourth-order valence-electron chi connectivity index (χ4n) is 2.66. The number of halogens is 1. The third-order valence-corrected chi connectivity index (χ3v) is 4.00. The van der Waals surface area contributed by atoms with Gasteiger partial charge in [0.2, 0.25) is 0 Å². The summed E-state index contributed by atoms with van der Waals surface area (Å²) in [6, 6.07) is 8.53. The van der Waals surface area contributed by atoms with Gasteiger partial charge in [-0.2, -0.15) is 5.10 Å². The number of hydrogen-bond donors (Lipinski definition) is 1. The van der Waals surface area contributed by atoms with Crippen molar-refractivity contribution in [3.8, 4) is 0 Å². The minimum atomic E-state index is 0.262. The predicted molar refractivity (Wildman–Crippen MR) is 88.9 cm³/mol. The molecule has 3 nitrogen and oxygen atoms in total. The molecule has 1 aromatic heterocycles. The molecule has 1 N–H and O–H groups in total. The van der Waals surface area contributed by atoms with E-state index in [0.29, 0.717) is 0 Å². The lowest BCUT2D eigenvalue weighted by Crippen LogP contribution is -2.25. The monoisotopic (exact) mass is 305 g/mol. The molecule has 0 amide bonds. The molecule has 0 radical (unpaired) electrons. The number of nitrogens with one attached hydrogen (secondary N) is 1. The second-order valence-corrected chi connectivity index (χ2v) is 6.05. The van der Waals surface area contributed by atoms with Gasteiger partial charge >= 0.3 is 0 Å². The molecule has 114 valence electrons. The molecule has 0 saturated heterocycles. The summed E-state index contributed by atoms with van der Waals surface area (Å²) in [7, 11) is 2.00. The predicted octanol–water partition coefficient (Wildman–Crippen LogP) is 3.97. The number of aromatic nitrogens is 2. The molecule has 4 heteroatoms. The van der Waals surface area contributed by atoms with E-state index in [1.807, 2.05) is 24.7 Å². The average molecular weight is 306 g/mol. The summed E-state index contributed by atoms with van der Waals surface area (Å²) in [5, 5.41) is 8.87. The van der Waals surface area contributed by atoms with E-state index in [0.717, 1.165) is 30.1 Å². The summed E-state index contributed by atoms with van der Waals surface area (Å²) >= 11 is 6.19. The van der Waals surface area contributed by atoms with Gasteiger partial charge in [0.25, 0.3) is 0 Å². The van der Waals surface area contributed by atoms with Crippen molar-refractivity contribution in [3.63, 3.8) is 0 Å². The van der Waals surface area contributed by atoms with Gasteiger partial charge in [-0.25, -0.2) is 0 Å². The summed E-state index contributed by atoms with van der Waals surface area (Å²) in [5.41, 5.74) is 4.84. The van der Waals surface area contributed by atoms with Crippen LogP contribution in [-0.4, -0.2) is 16.3 Å². The Balaban J connectivity index is 2.29. The molecule has 1 heterocycles. The van der Waals surface area contributed by atoms with Crippen LogP contribution in [0.4, 0.5) is 0 Å². The molecule has 0 saturated carbocycles. The van der Waals surface area contributed by atoms with Crippen LogP contribution in [0.5, 0.6) is 0 Å². The Morgan fingerprint density at radius 2 is 2.05 bits per heavy atom. The number of benzene rings is 1. The highest BCUT2D eigenvalue weighted by Gasteiger charge is 2.16. The first kappa shape index (κ1) is 16.1. The van der Waals surface area contributed by atoms with Crippen LogP contribution in [0.2, 0.25) is 5.02 Å². The van der Waals surface area contributed by atoms with E-state index in [4.69, 9.17) is 11.6 Å². The van der Waals surface area contributed by atoms with Gasteiger partial charge < -0.3 is 5.32 Å². The smallest absolute Gasteiger partial charge is 0.0596 e. The van der Waals surface area contributed by atoms with Crippen molar-refractivity contribution >= 4 is 11.6 Å². The van der Waals surface area contributed by atoms with E-state index in [1.54, 1.807) is 0 Å². The molecular formula is C17H24ClN3. The Labute approximate surface area is 132 Å². The van der Waals surface area contributed by atoms with Crippen LogP contribution < -0.4 is 5.32 Å². The molecule has 0 aliphatic heterocycles. The number of rotatable bonds is 6. The Kier molecular flexibility index (Phi) is 5.43. The van der Waals surface area contributed by atoms with Crippen LogP contribution in [0.3, 0.4) is 0 Å². The molecule has 21 heavy (non-hydrogen) atoms. The fourth-order valence-corrected chi connectivity index (χ4v) is 2.84. The van der Waals surface area contributed by atoms with Gasteiger partial charge in [-0.3, -0.25) is 4.68 Å². The minimum absolute atomic E-state index is 0.262. The second-order valence-electron chi connectivity index (χ2n) is 5.61. The summed E-state index contributed by atoms with van der Waals surface area (Å²) in [6.07, 6.45) is 2.03. The first-order valence-corrected chi connectivity index (χ1v) is 7.88. The third kappa shape index (κ3) is 4.08. The van der Waals surface area contributed by atoms with Crippen molar-refractivity contribution in [1.82, 2.24) is 15.1 Å². The molecule has 1 atom stereocenters. The van der Waals surface area contributed by atoms with Crippen molar-refractivity contribution in [2.24, 2.45) is 7.05 Å². The Hall–Kier alpha value is -1.32. The topological polar surface area (TPSA) is 29.9 Å². The quantitative estimate of drug-likeness (QED) is 0.875. The van der Waals surface area contributed by atoms with Crippen molar-refractivity contribution in [2.45, 2.75) is 39.7 Å². The van der Waals surface area contributed by atoms with Crippen molar-refractivity contribution in [3.05, 3.63) is 51.8 Å². The Bertz CT molecular complexity index is 604. The van der Waals surface area contributed by atoms with Gasteiger partial charge in [0.05, 0.1) is 5.69 Å². The van der Waals surface area contributed by atoms with E-state index < -0.39 is 0 Å². The van der Waals surface area contributed by atoms with Gasteiger partial charge in [0.1, 0.15) is 0 Å². The number of nitrogens with zero attached hydrogens (tertiary/aromatic N) is 2. The van der Waals surface area contributed by atoms with Crippen LogP contribution in [0.25, 0.3) is 0 Å². The highest BCUT2D eigenvalue weighted by Crippen LogP contribution is 2.25. The molecule has 0 spiro atoms. The van der Waals surface area contributed by atoms with E-state index in [2.05, 4.69) is 42.5 Å². The van der Waals surface area contributed by atoms with Crippen molar-refractivity contribution in [1.29, 1.82) is 0 Å². The number of hydrogen-bond acceptors (Lipinski definition) is 2. The van der Waals surface area contributed by atoms with E-state index in [1.165, 1.54) is 16.8 Å². The Morgan fingerprint density at radius 1 is 1.29 bits per heavy atom. The lowest BCUT2D eigenvalue weighted by molar-refractivity contribution is 0.510. The molecule has 0 fully saturated rings. The van der Waals surface area contributed by atoms with Crippen LogP contribution in [0, 0.1) is 13.8 Å². The zero-order chi connectivity index (χ0) is 15.4. The van der Waals surface area contributed by atoms with E-state index in [9.17, 15) is 0 Å². The van der Waals surface area contributed by atoms with Crippen molar-refractivity contribution < 1.29 is 0 Å². The lowest BCUT2D eigenvalue weighted by Gasteiger charge is -2.21. The number of aryl methyl sites for hydroxylation is 3. The summed E-state index contributed by atoms with van der Waals surface area (Å²) in [4.78, 5) is 0. The van der Waals surface area contributed by atoms with Gasteiger partial charge in [-0.1, -0.05) is 24.6 Å². The zero-order valence-corrected chi connectivity index (χ0v) is 14.0. The summed E-state index contributed by atoms with van der Waals surface area (Å²) < 4.78 is 1.97. The fraction of sp³-hybridized carbons (Fsp3) is 0.471. The molecule has 2 rings (SSSR count). The largest absolute Gasteiger partial charge is 0.310 e. The molecule has 1 unspecified atom stereocenters. The molecular weight excluding hydrogens is 282 g/mol. The van der Waals surface area contributed by atoms with Gasteiger partial charge in [-0.05, 0) is 56.1 Å². The van der Waals surface area contributed by atoms with Crippen LogP contribution in [0.15, 0.2) is 24.3 Å². The molecule has 0 bridgehead atoms. The maximum Gasteiger partial charge on any atom is 0.0596 e. The van der Waals surface area contributed by atoms with Crippen LogP contribution in [0.1, 0.15) is 41.9 Å². The van der Waals surface area contributed by atoms with E-state index >= 15 is 0 Å².